The number of hydrogen-bond donors (Lipinski definition) is 1. The van der Waals surface area contributed by atoms with Gasteiger partial charge in [0.2, 0.25) is 0 Å². The van der Waals surface area contributed by atoms with Crippen molar-refractivity contribution in [1.29, 1.82) is 0 Å². The number of halogens is 1. The Morgan fingerprint density at radius 1 is 1.25 bits per heavy atom. The van der Waals surface area contributed by atoms with Gasteiger partial charge in [-0.2, -0.15) is 0 Å². The molecule has 0 spiro atoms. The van der Waals surface area contributed by atoms with E-state index < -0.39 is 5.82 Å². The van der Waals surface area contributed by atoms with Crippen molar-refractivity contribution in [2.24, 2.45) is 0 Å². The first-order chi connectivity index (χ1) is 13.6. The number of aromatic nitrogens is 3. The van der Waals surface area contributed by atoms with Crippen molar-refractivity contribution < 1.29 is 18.4 Å². The van der Waals surface area contributed by atoms with Gasteiger partial charge in [0.25, 0.3) is 5.91 Å². The molecule has 2 aromatic heterocycles. The van der Waals surface area contributed by atoms with Crippen molar-refractivity contribution in [2.75, 3.05) is 5.75 Å². The third-order valence-corrected chi connectivity index (χ3v) is 4.72. The van der Waals surface area contributed by atoms with Gasteiger partial charge in [0.05, 0.1) is 18.6 Å². The maximum atomic E-state index is 13.0. The van der Waals surface area contributed by atoms with Crippen LogP contribution in [0, 0.1) is 5.82 Å². The molecule has 3 rings (SSSR count). The summed E-state index contributed by atoms with van der Waals surface area (Å²) in [7, 11) is 0. The van der Waals surface area contributed by atoms with Crippen molar-refractivity contribution >= 4 is 23.5 Å². The lowest BCUT2D eigenvalue weighted by Gasteiger charge is -2.08. The summed E-state index contributed by atoms with van der Waals surface area (Å²) >= 11 is 1.21. The third-order valence-electron chi connectivity index (χ3n) is 3.76. The predicted molar refractivity (Wildman–Crippen MR) is 102 cm³/mol. The number of nitrogens with zero attached hydrogens (tertiary/aromatic N) is 3. The zero-order valence-electron chi connectivity index (χ0n) is 14.8. The third kappa shape index (κ3) is 4.74. The molecule has 0 aliphatic rings. The summed E-state index contributed by atoms with van der Waals surface area (Å²) < 4.78 is 19.8. The quantitative estimate of drug-likeness (QED) is 0.337. The number of carbonyl (C=O) groups is 2. The lowest BCUT2D eigenvalue weighted by Crippen LogP contribution is -2.24. The average Bonchev–Trinajstić information content (AvgIpc) is 3.36. The molecular formula is C19H17FN4O3S. The van der Waals surface area contributed by atoms with Crippen LogP contribution in [0.5, 0.6) is 0 Å². The first-order valence-electron chi connectivity index (χ1n) is 8.34. The number of rotatable bonds is 9. The molecule has 0 saturated carbocycles. The number of furan rings is 1. The monoisotopic (exact) mass is 400 g/mol. The number of ketones is 1. The summed E-state index contributed by atoms with van der Waals surface area (Å²) in [6.45, 7) is 4.28. The predicted octanol–water partition coefficient (Wildman–Crippen LogP) is 3.10. The molecule has 0 bridgehead atoms. The first kappa shape index (κ1) is 19.6. The zero-order valence-corrected chi connectivity index (χ0v) is 15.6. The Hall–Kier alpha value is -3.20. The number of hydrogen-bond acceptors (Lipinski definition) is 6. The maximum absolute atomic E-state index is 13.0. The van der Waals surface area contributed by atoms with Gasteiger partial charge in [0.1, 0.15) is 5.82 Å². The van der Waals surface area contributed by atoms with E-state index in [0.29, 0.717) is 23.1 Å². The molecule has 0 radical (unpaired) electrons. The number of amides is 1. The topological polar surface area (TPSA) is 90.0 Å². The molecule has 0 aliphatic heterocycles. The molecular weight excluding hydrogens is 383 g/mol. The Balaban J connectivity index is 1.64. The maximum Gasteiger partial charge on any atom is 0.287 e. The lowest BCUT2D eigenvalue weighted by molar-refractivity contribution is 0.0921. The summed E-state index contributed by atoms with van der Waals surface area (Å²) in [6.07, 6.45) is 3.09. The highest BCUT2D eigenvalue weighted by Gasteiger charge is 2.16. The number of benzene rings is 1. The van der Waals surface area contributed by atoms with Gasteiger partial charge < -0.3 is 14.3 Å². The van der Waals surface area contributed by atoms with Gasteiger partial charge in [0, 0.05) is 12.1 Å². The first-order valence-corrected chi connectivity index (χ1v) is 9.33. The van der Waals surface area contributed by atoms with Crippen molar-refractivity contribution in [2.45, 2.75) is 18.2 Å². The Bertz CT molecular complexity index is 968. The van der Waals surface area contributed by atoms with E-state index in [4.69, 9.17) is 4.42 Å². The van der Waals surface area contributed by atoms with Crippen LogP contribution in [-0.4, -0.2) is 32.2 Å². The van der Waals surface area contributed by atoms with Gasteiger partial charge in [-0.25, -0.2) is 4.39 Å². The Morgan fingerprint density at radius 2 is 2.04 bits per heavy atom. The van der Waals surface area contributed by atoms with Crippen molar-refractivity contribution in [3.63, 3.8) is 0 Å². The molecule has 0 aliphatic carbocycles. The summed E-state index contributed by atoms with van der Waals surface area (Å²) in [5, 5.41) is 11.4. The smallest absolute Gasteiger partial charge is 0.287 e. The molecule has 0 atom stereocenters. The van der Waals surface area contributed by atoms with Gasteiger partial charge in [-0.05, 0) is 36.4 Å². The fourth-order valence-electron chi connectivity index (χ4n) is 2.37. The highest BCUT2D eigenvalue weighted by molar-refractivity contribution is 7.99. The van der Waals surface area contributed by atoms with E-state index in [2.05, 4.69) is 22.1 Å². The summed E-state index contributed by atoms with van der Waals surface area (Å²) in [5.74, 6) is -0.0497. The molecule has 28 heavy (non-hydrogen) atoms. The van der Waals surface area contributed by atoms with Gasteiger partial charge >= 0.3 is 0 Å². The van der Waals surface area contributed by atoms with Crippen molar-refractivity contribution in [3.8, 4) is 0 Å². The number of nitrogens with one attached hydrogen (secondary N) is 1. The molecule has 1 N–H and O–H groups in total. The lowest BCUT2D eigenvalue weighted by atomic mass is 10.1. The highest BCUT2D eigenvalue weighted by atomic mass is 32.2. The SMILES string of the molecule is C=CCn1c(CNC(=O)c2ccco2)nnc1SCC(=O)c1ccc(F)cc1. The number of Topliss-reactive ketones (excluding diaryl/α,β-unsaturated/α-hetero) is 1. The van der Waals surface area contributed by atoms with Crippen LogP contribution in [0.15, 0.2) is 64.9 Å². The minimum absolute atomic E-state index is 0.125. The number of carbonyl (C=O) groups excluding carboxylic acids is 2. The van der Waals surface area contributed by atoms with Gasteiger partial charge in [0.15, 0.2) is 22.5 Å². The average molecular weight is 400 g/mol. The number of allylic oxidation sites excluding steroid dienone is 1. The van der Waals surface area contributed by atoms with Crippen LogP contribution in [-0.2, 0) is 13.1 Å². The standard InChI is InChI=1S/C19H17FN4O3S/c1-2-9-24-17(11-21-18(26)16-4-3-10-27-16)22-23-19(24)28-12-15(25)13-5-7-14(20)8-6-13/h2-8,10H,1,9,11-12H2,(H,21,26). The van der Waals surface area contributed by atoms with Crippen LogP contribution in [0.4, 0.5) is 4.39 Å². The molecule has 7 nitrogen and oxygen atoms in total. The molecule has 3 aromatic rings. The van der Waals surface area contributed by atoms with E-state index in [1.165, 1.54) is 42.3 Å². The summed E-state index contributed by atoms with van der Waals surface area (Å²) in [6, 6.07) is 8.58. The van der Waals surface area contributed by atoms with Gasteiger partial charge in [-0.1, -0.05) is 17.8 Å². The Labute approximate surface area is 164 Å². The van der Waals surface area contributed by atoms with E-state index in [-0.39, 0.29) is 29.7 Å². The second-order valence-corrected chi connectivity index (χ2v) is 6.62. The molecule has 1 aromatic carbocycles. The van der Waals surface area contributed by atoms with Crippen LogP contribution in [0.3, 0.4) is 0 Å². The summed E-state index contributed by atoms with van der Waals surface area (Å²) in [5.41, 5.74) is 0.426. The normalized spacial score (nSPS) is 10.6. The Kier molecular flexibility index (Phi) is 6.38. The molecule has 0 fully saturated rings. The van der Waals surface area contributed by atoms with E-state index in [0.717, 1.165) is 0 Å². The molecule has 9 heteroatoms. The molecule has 144 valence electrons. The van der Waals surface area contributed by atoms with Crippen LogP contribution in [0.25, 0.3) is 0 Å². The molecule has 0 saturated heterocycles. The van der Waals surface area contributed by atoms with Gasteiger partial charge in [-0.15, -0.1) is 16.8 Å². The number of thioether (sulfide) groups is 1. The largest absolute Gasteiger partial charge is 0.459 e. The fraction of sp³-hybridized carbons (Fsp3) is 0.158. The minimum Gasteiger partial charge on any atom is -0.459 e. The summed E-state index contributed by atoms with van der Waals surface area (Å²) in [4.78, 5) is 24.3. The van der Waals surface area contributed by atoms with Crippen LogP contribution < -0.4 is 5.32 Å². The van der Waals surface area contributed by atoms with Crippen molar-refractivity contribution in [1.82, 2.24) is 20.1 Å². The van der Waals surface area contributed by atoms with Crippen LogP contribution in [0.2, 0.25) is 0 Å². The fourth-order valence-corrected chi connectivity index (χ4v) is 3.23. The molecule has 2 heterocycles. The second kappa shape index (κ2) is 9.14. The zero-order chi connectivity index (χ0) is 19.9. The minimum atomic E-state index is -0.392. The van der Waals surface area contributed by atoms with E-state index in [1.54, 1.807) is 22.8 Å². The Morgan fingerprint density at radius 3 is 2.71 bits per heavy atom. The van der Waals surface area contributed by atoms with Gasteiger partial charge in [-0.3, -0.25) is 9.59 Å². The van der Waals surface area contributed by atoms with E-state index in [1.807, 2.05) is 0 Å². The van der Waals surface area contributed by atoms with E-state index in [9.17, 15) is 14.0 Å². The molecule has 1 amide bonds. The van der Waals surface area contributed by atoms with E-state index >= 15 is 0 Å². The van der Waals surface area contributed by atoms with Crippen LogP contribution in [0.1, 0.15) is 26.7 Å². The van der Waals surface area contributed by atoms with Crippen LogP contribution >= 0.6 is 11.8 Å². The molecule has 0 unspecified atom stereocenters. The highest BCUT2D eigenvalue weighted by Crippen LogP contribution is 2.19. The van der Waals surface area contributed by atoms with Crippen molar-refractivity contribution in [3.05, 3.63) is 78.3 Å². The second-order valence-electron chi connectivity index (χ2n) is 5.68.